The number of ether oxygens (including phenoxy) is 2. The van der Waals surface area contributed by atoms with Crippen molar-refractivity contribution < 1.29 is 23.5 Å². The van der Waals surface area contributed by atoms with Crippen molar-refractivity contribution in [1.82, 2.24) is 9.88 Å². The van der Waals surface area contributed by atoms with Crippen molar-refractivity contribution in [2.75, 3.05) is 18.5 Å². The number of carbonyl (C=O) groups excluding carboxylic acids is 2. The predicted molar refractivity (Wildman–Crippen MR) is 128 cm³/mol. The zero-order chi connectivity index (χ0) is 24.6. The van der Waals surface area contributed by atoms with Gasteiger partial charge in [0.1, 0.15) is 17.0 Å². The van der Waals surface area contributed by atoms with Crippen LogP contribution in [0.4, 0.5) is 14.9 Å². The molecule has 1 atom stereocenters. The maximum absolute atomic E-state index is 15.3. The van der Waals surface area contributed by atoms with Crippen LogP contribution in [0.3, 0.4) is 0 Å². The molecule has 1 fully saturated rings. The molecule has 0 spiro atoms. The summed E-state index contributed by atoms with van der Waals surface area (Å²) in [4.78, 5) is 37.6. The van der Waals surface area contributed by atoms with E-state index in [-0.39, 0.29) is 41.9 Å². The summed E-state index contributed by atoms with van der Waals surface area (Å²) in [6, 6.07) is 1.03. The van der Waals surface area contributed by atoms with E-state index in [1.807, 2.05) is 10.6 Å². The van der Waals surface area contributed by atoms with Crippen molar-refractivity contribution in [3.63, 3.8) is 0 Å². The summed E-state index contributed by atoms with van der Waals surface area (Å²) in [5.41, 5.74) is 0.136. The first-order valence-electron chi connectivity index (χ1n) is 11.6. The van der Waals surface area contributed by atoms with E-state index in [0.717, 1.165) is 12.8 Å². The number of hydrogen-bond acceptors (Lipinski definition) is 6. The molecule has 34 heavy (non-hydrogen) atoms. The van der Waals surface area contributed by atoms with Gasteiger partial charge >= 0.3 is 12.1 Å². The zero-order valence-electron chi connectivity index (χ0n) is 19.9. The van der Waals surface area contributed by atoms with Crippen LogP contribution < -0.4 is 16.1 Å². The monoisotopic (exact) mass is 471 g/mol. The molecule has 1 aromatic carbocycles. The molecule has 9 heteroatoms. The number of fused-ring (bicyclic) bond motifs is 3. The Morgan fingerprint density at radius 3 is 2.68 bits per heavy atom. The van der Waals surface area contributed by atoms with E-state index in [1.54, 1.807) is 40.0 Å². The fourth-order valence-corrected chi connectivity index (χ4v) is 4.09. The van der Waals surface area contributed by atoms with Gasteiger partial charge in [0.25, 0.3) is 0 Å². The second-order valence-corrected chi connectivity index (χ2v) is 9.64. The number of amides is 1. The molecule has 2 aromatic rings. The largest absolute Gasteiger partial charge is 0.462 e. The highest BCUT2D eigenvalue weighted by Crippen LogP contribution is 2.40. The Morgan fingerprint density at radius 1 is 1.29 bits per heavy atom. The molecule has 1 unspecified atom stereocenters. The second-order valence-electron chi connectivity index (χ2n) is 9.64. The highest BCUT2D eigenvalue weighted by atomic mass is 19.1. The molecule has 0 saturated heterocycles. The topological polar surface area (TPSA) is 98.7 Å². The number of rotatable bonds is 5. The van der Waals surface area contributed by atoms with E-state index < -0.39 is 28.9 Å². The van der Waals surface area contributed by atoms with Gasteiger partial charge in [-0.3, -0.25) is 4.79 Å². The summed E-state index contributed by atoms with van der Waals surface area (Å²) < 4.78 is 27.5. The van der Waals surface area contributed by atoms with Gasteiger partial charge in [0.15, 0.2) is 0 Å². The van der Waals surface area contributed by atoms with E-state index in [4.69, 9.17) is 9.47 Å². The van der Waals surface area contributed by atoms with Crippen molar-refractivity contribution >= 4 is 34.7 Å². The van der Waals surface area contributed by atoms with Crippen molar-refractivity contribution in [2.24, 2.45) is 0 Å². The third kappa shape index (κ3) is 4.93. The maximum atomic E-state index is 15.3. The number of halogens is 1. The van der Waals surface area contributed by atoms with Gasteiger partial charge in [-0.1, -0.05) is 12.2 Å². The molecule has 4 rings (SSSR count). The van der Waals surface area contributed by atoms with E-state index in [0.29, 0.717) is 17.5 Å². The average Bonchev–Trinajstić information content (AvgIpc) is 3.59. The van der Waals surface area contributed by atoms with Crippen molar-refractivity contribution in [3.8, 4) is 0 Å². The van der Waals surface area contributed by atoms with Crippen molar-refractivity contribution in [2.45, 2.75) is 64.6 Å². The van der Waals surface area contributed by atoms with Crippen molar-refractivity contribution in [1.29, 1.82) is 0 Å². The highest BCUT2D eigenvalue weighted by Gasteiger charge is 2.30. The normalized spacial score (nSPS) is 17.5. The molecule has 8 nitrogen and oxygen atoms in total. The fourth-order valence-electron chi connectivity index (χ4n) is 4.09. The first-order chi connectivity index (χ1) is 16.1. The van der Waals surface area contributed by atoms with Gasteiger partial charge in [-0.2, -0.15) is 0 Å². The molecule has 1 aromatic heterocycles. The third-order valence-corrected chi connectivity index (χ3v) is 5.69. The van der Waals surface area contributed by atoms with Crippen LogP contribution in [0.1, 0.15) is 68.9 Å². The minimum atomic E-state index is -0.707. The van der Waals surface area contributed by atoms with Crippen LogP contribution in [-0.2, 0) is 9.47 Å². The number of carbonyl (C=O) groups is 2. The molecular weight excluding hydrogens is 441 g/mol. The van der Waals surface area contributed by atoms with Gasteiger partial charge in [-0.15, -0.1) is 0 Å². The van der Waals surface area contributed by atoms with Gasteiger partial charge in [0.05, 0.1) is 23.2 Å². The van der Waals surface area contributed by atoms with Crippen LogP contribution in [0, 0.1) is 5.82 Å². The van der Waals surface area contributed by atoms with Gasteiger partial charge in [-0.25, -0.2) is 14.0 Å². The molecule has 1 aliphatic carbocycles. The summed E-state index contributed by atoms with van der Waals surface area (Å²) in [6.45, 7) is 7.38. The van der Waals surface area contributed by atoms with E-state index in [9.17, 15) is 14.4 Å². The number of nitrogens with one attached hydrogen (secondary N) is 2. The molecule has 2 aliphatic rings. The summed E-state index contributed by atoms with van der Waals surface area (Å²) in [7, 11) is 0. The standard InChI is InChI=1S/C25H30FN3O5/c1-5-33-23(31)18-13-29(15-9-10-15)21-16-8-6-7-14(12-27-24(32)34-25(2,3)4)28-20(16)19(26)11-17(21)22(18)30/h6,8,11,13-15,28H,5,7,9-10,12H2,1-4H3,(H,27,32). The van der Waals surface area contributed by atoms with Crippen LogP contribution in [-0.4, -0.2) is 41.4 Å². The zero-order valence-corrected chi connectivity index (χ0v) is 19.9. The molecule has 1 saturated carbocycles. The Bertz CT molecular complexity index is 1220. The molecule has 182 valence electrons. The summed E-state index contributed by atoms with van der Waals surface area (Å²) in [6.07, 6.45) is 7.02. The predicted octanol–water partition coefficient (Wildman–Crippen LogP) is 4.37. The lowest BCUT2D eigenvalue weighted by atomic mass is 10.0. The summed E-state index contributed by atoms with van der Waals surface area (Å²) in [5.74, 6) is -1.31. The smallest absolute Gasteiger partial charge is 0.407 e. The molecular formula is C25H30FN3O5. The van der Waals surface area contributed by atoms with Crippen molar-refractivity contribution in [3.05, 3.63) is 45.5 Å². The van der Waals surface area contributed by atoms with Gasteiger partial charge in [0, 0.05) is 30.4 Å². The fraction of sp³-hybridized carbons (Fsp3) is 0.480. The average molecular weight is 472 g/mol. The van der Waals surface area contributed by atoms with Crippen LogP contribution in [0.2, 0.25) is 0 Å². The number of anilines is 1. The SMILES string of the molecule is CCOC(=O)c1cn(C2CC2)c2c3c(c(F)cc2c1=O)NC(CNC(=O)OC(C)(C)C)CC=C3. The Hall–Kier alpha value is -3.36. The summed E-state index contributed by atoms with van der Waals surface area (Å²) >= 11 is 0. The van der Waals surface area contributed by atoms with Crippen LogP contribution >= 0.6 is 0 Å². The molecule has 0 bridgehead atoms. The third-order valence-electron chi connectivity index (χ3n) is 5.69. The Kier molecular flexibility index (Phi) is 6.38. The molecule has 0 radical (unpaired) electrons. The number of alkyl carbamates (subject to hydrolysis) is 1. The quantitative estimate of drug-likeness (QED) is 0.628. The van der Waals surface area contributed by atoms with E-state index in [2.05, 4.69) is 10.6 Å². The number of hydrogen-bond donors (Lipinski definition) is 2. The molecule has 1 aliphatic heterocycles. The minimum absolute atomic E-state index is 0.0920. The Morgan fingerprint density at radius 2 is 2.03 bits per heavy atom. The Labute approximate surface area is 197 Å². The first kappa shape index (κ1) is 23.8. The summed E-state index contributed by atoms with van der Waals surface area (Å²) in [5, 5.41) is 6.05. The molecule has 2 N–H and O–H groups in total. The molecule has 1 amide bonds. The number of nitrogens with zero attached hydrogens (tertiary/aromatic N) is 1. The highest BCUT2D eigenvalue weighted by molar-refractivity contribution is 5.99. The lowest BCUT2D eigenvalue weighted by molar-refractivity contribution is 0.0514. The van der Waals surface area contributed by atoms with E-state index >= 15 is 4.39 Å². The van der Waals surface area contributed by atoms with Crippen LogP contribution in [0.5, 0.6) is 0 Å². The lowest BCUT2D eigenvalue weighted by Crippen LogP contribution is -2.39. The van der Waals surface area contributed by atoms with Crippen LogP contribution in [0.15, 0.2) is 23.1 Å². The number of pyridine rings is 1. The van der Waals surface area contributed by atoms with Gasteiger partial charge < -0.3 is 24.7 Å². The number of aromatic nitrogens is 1. The Balaban J connectivity index is 1.72. The first-order valence-corrected chi connectivity index (χ1v) is 11.6. The molecule has 2 heterocycles. The minimum Gasteiger partial charge on any atom is -0.462 e. The number of esters is 1. The number of benzene rings is 1. The maximum Gasteiger partial charge on any atom is 0.407 e. The van der Waals surface area contributed by atoms with E-state index in [1.165, 1.54) is 6.07 Å². The van der Waals surface area contributed by atoms with Gasteiger partial charge in [0.2, 0.25) is 5.43 Å². The van der Waals surface area contributed by atoms with Crippen LogP contribution in [0.25, 0.3) is 17.0 Å². The van der Waals surface area contributed by atoms with Gasteiger partial charge in [-0.05, 0) is 53.0 Å². The second kappa shape index (κ2) is 9.12. The lowest BCUT2D eigenvalue weighted by Gasteiger charge is -2.23.